The fourth-order valence-electron chi connectivity index (χ4n) is 2.47. The Labute approximate surface area is 135 Å². The maximum atomic E-state index is 10.8. The molecule has 1 nitrogen and oxygen atoms in total. The predicted molar refractivity (Wildman–Crippen MR) is 93.9 cm³/mol. The van der Waals surface area contributed by atoms with E-state index in [1.54, 1.807) is 11.3 Å². The van der Waals surface area contributed by atoms with Crippen LogP contribution in [0.25, 0.3) is 6.08 Å². The minimum absolute atomic E-state index is 0.0393. The average Bonchev–Trinajstić information content (AvgIpc) is 3.11. The highest BCUT2D eigenvalue weighted by Crippen LogP contribution is 2.35. The van der Waals surface area contributed by atoms with E-state index in [-0.39, 0.29) is 5.92 Å². The van der Waals surface area contributed by atoms with Crippen LogP contribution in [0.5, 0.6) is 0 Å². The van der Waals surface area contributed by atoms with Gasteiger partial charge in [-0.1, -0.05) is 78.9 Å². The first-order chi connectivity index (χ1) is 10.8. The monoisotopic (exact) mass is 306 g/mol. The topological polar surface area (TPSA) is 20.2 Å². The summed E-state index contributed by atoms with van der Waals surface area (Å²) in [4.78, 5) is 1.17. The van der Waals surface area contributed by atoms with Crippen molar-refractivity contribution in [2.45, 2.75) is 12.0 Å². The molecule has 1 N–H and O–H groups in total. The minimum atomic E-state index is -0.542. The molecule has 0 aliphatic heterocycles. The predicted octanol–water partition coefficient (Wildman–Crippen LogP) is 5.28. The van der Waals surface area contributed by atoms with Crippen LogP contribution < -0.4 is 0 Å². The lowest BCUT2D eigenvalue weighted by atomic mass is 9.93. The van der Waals surface area contributed by atoms with Crippen LogP contribution in [0.3, 0.4) is 0 Å². The van der Waals surface area contributed by atoms with Gasteiger partial charge in [0, 0.05) is 10.8 Å². The average molecular weight is 306 g/mol. The Hall–Kier alpha value is -2.16. The van der Waals surface area contributed by atoms with Crippen molar-refractivity contribution in [3.05, 3.63) is 100 Å². The van der Waals surface area contributed by atoms with E-state index >= 15 is 0 Å². The highest BCUT2D eigenvalue weighted by Gasteiger charge is 2.20. The first-order valence-electron chi connectivity index (χ1n) is 7.34. The van der Waals surface area contributed by atoms with Crippen LogP contribution in [-0.4, -0.2) is 5.11 Å². The van der Waals surface area contributed by atoms with Crippen molar-refractivity contribution in [1.82, 2.24) is 0 Å². The molecule has 0 unspecified atom stereocenters. The van der Waals surface area contributed by atoms with E-state index in [0.29, 0.717) is 0 Å². The number of thiophene rings is 1. The van der Waals surface area contributed by atoms with Crippen molar-refractivity contribution in [3.8, 4) is 0 Å². The lowest BCUT2D eigenvalue weighted by Gasteiger charge is -2.19. The van der Waals surface area contributed by atoms with E-state index < -0.39 is 6.10 Å². The number of hydrogen-bond donors (Lipinski definition) is 1. The van der Waals surface area contributed by atoms with Crippen molar-refractivity contribution in [2.24, 2.45) is 0 Å². The number of hydrogen-bond acceptors (Lipinski definition) is 2. The number of aliphatic hydroxyl groups excluding tert-OH is 1. The molecular weight excluding hydrogens is 288 g/mol. The summed E-state index contributed by atoms with van der Waals surface area (Å²) in [6.07, 6.45) is 3.63. The Morgan fingerprint density at radius 3 is 2.14 bits per heavy atom. The van der Waals surface area contributed by atoms with E-state index in [0.717, 1.165) is 11.1 Å². The summed E-state index contributed by atoms with van der Waals surface area (Å²) in [5.74, 6) is -0.0393. The molecule has 1 aromatic heterocycles. The van der Waals surface area contributed by atoms with Crippen LogP contribution in [0, 0.1) is 0 Å². The summed E-state index contributed by atoms with van der Waals surface area (Å²) in [6, 6.07) is 24.1. The van der Waals surface area contributed by atoms with Gasteiger partial charge in [0.1, 0.15) is 0 Å². The van der Waals surface area contributed by atoms with Crippen LogP contribution in [0.15, 0.2) is 84.3 Å². The van der Waals surface area contributed by atoms with Gasteiger partial charge in [0.05, 0.1) is 6.10 Å². The summed E-state index contributed by atoms with van der Waals surface area (Å²) < 4.78 is 0. The van der Waals surface area contributed by atoms with Crippen LogP contribution >= 0.6 is 11.3 Å². The molecule has 0 radical (unpaired) electrons. The molecular formula is C20H18OS. The Morgan fingerprint density at radius 2 is 1.50 bits per heavy atom. The molecule has 0 saturated heterocycles. The van der Waals surface area contributed by atoms with Crippen LogP contribution in [0.2, 0.25) is 0 Å². The van der Waals surface area contributed by atoms with E-state index in [2.05, 4.69) is 35.7 Å². The standard InChI is InChI=1S/C20H18OS/c21-20(17-10-5-2-6-11-17)18(19-12-7-15-22-19)14-13-16-8-3-1-4-9-16/h1-15,18,20-21H/t18-,20-/m0/s1. The molecule has 3 rings (SSSR count). The molecule has 0 aliphatic carbocycles. The first-order valence-corrected chi connectivity index (χ1v) is 8.22. The van der Waals surface area contributed by atoms with E-state index in [4.69, 9.17) is 0 Å². The summed E-state index contributed by atoms with van der Waals surface area (Å²) in [6.45, 7) is 0. The third kappa shape index (κ3) is 3.53. The molecule has 0 spiro atoms. The first kappa shape index (κ1) is 14.8. The molecule has 2 atom stereocenters. The van der Waals surface area contributed by atoms with Gasteiger partial charge in [-0.05, 0) is 22.6 Å². The third-order valence-corrected chi connectivity index (χ3v) is 4.62. The normalized spacial score (nSPS) is 14.0. The second-order valence-electron chi connectivity index (χ2n) is 5.17. The van der Waals surface area contributed by atoms with Gasteiger partial charge in [0.25, 0.3) is 0 Å². The van der Waals surface area contributed by atoms with Gasteiger partial charge >= 0.3 is 0 Å². The SMILES string of the molecule is O[C@@H](c1ccccc1)[C@@H](C=Cc1ccccc1)c1cccs1. The van der Waals surface area contributed by atoms with Crippen molar-refractivity contribution >= 4 is 17.4 Å². The van der Waals surface area contributed by atoms with Gasteiger partial charge in [-0.15, -0.1) is 11.3 Å². The molecule has 1 heterocycles. The van der Waals surface area contributed by atoms with Gasteiger partial charge in [0.15, 0.2) is 0 Å². The maximum absolute atomic E-state index is 10.8. The molecule has 0 fully saturated rings. The van der Waals surface area contributed by atoms with Gasteiger partial charge in [0.2, 0.25) is 0 Å². The Morgan fingerprint density at radius 1 is 0.818 bits per heavy atom. The summed E-state index contributed by atoms with van der Waals surface area (Å²) >= 11 is 1.68. The molecule has 22 heavy (non-hydrogen) atoms. The smallest absolute Gasteiger partial charge is 0.0901 e. The largest absolute Gasteiger partial charge is 0.387 e. The number of benzene rings is 2. The van der Waals surface area contributed by atoms with Crippen molar-refractivity contribution in [3.63, 3.8) is 0 Å². The summed E-state index contributed by atoms with van der Waals surface area (Å²) in [7, 11) is 0. The highest BCUT2D eigenvalue weighted by molar-refractivity contribution is 7.10. The van der Waals surface area contributed by atoms with Gasteiger partial charge in [-0.2, -0.15) is 0 Å². The molecule has 0 aliphatic rings. The van der Waals surface area contributed by atoms with E-state index in [1.165, 1.54) is 4.88 Å². The fourth-order valence-corrected chi connectivity index (χ4v) is 3.31. The lowest BCUT2D eigenvalue weighted by molar-refractivity contribution is 0.163. The second-order valence-corrected chi connectivity index (χ2v) is 6.15. The Balaban J connectivity index is 1.90. The minimum Gasteiger partial charge on any atom is -0.387 e. The lowest BCUT2D eigenvalue weighted by Crippen LogP contribution is -2.07. The Bertz CT molecular complexity index is 702. The van der Waals surface area contributed by atoms with Gasteiger partial charge in [-0.25, -0.2) is 0 Å². The zero-order valence-corrected chi connectivity index (χ0v) is 13.0. The summed E-state index contributed by atoms with van der Waals surface area (Å²) in [5.41, 5.74) is 2.09. The van der Waals surface area contributed by atoms with Crippen molar-refractivity contribution < 1.29 is 5.11 Å². The molecule has 2 aromatic carbocycles. The third-order valence-electron chi connectivity index (χ3n) is 3.65. The summed E-state index contributed by atoms with van der Waals surface area (Å²) in [5, 5.41) is 12.8. The Kier molecular flexibility index (Phi) is 4.84. The maximum Gasteiger partial charge on any atom is 0.0901 e. The van der Waals surface area contributed by atoms with Gasteiger partial charge in [-0.3, -0.25) is 0 Å². The van der Waals surface area contributed by atoms with Crippen LogP contribution in [-0.2, 0) is 0 Å². The molecule has 0 bridgehead atoms. The van der Waals surface area contributed by atoms with Crippen LogP contribution in [0.1, 0.15) is 28.0 Å². The van der Waals surface area contributed by atoms with E-state index in [9.17, 15) is 5.11 Å². The fraction of sp³-hybridized carbons (Fsp3) is 0.100. The van der Waals surface area contributed by atoms with Crippen LogP contribution in [0.4, 0.5) is 0 Å². The second kappa shape index (κ2) is 7.21. The molecule has 0 saturated carbocycles. The molecule has 110 valence electrons. The number of rotatable bonds is 5. The molecule has 2 heteroatoms. The zero-order valence-electron chi connectivity index (χ0n) is 12.2. The van der Waals surface area contributed by atoms with Gasteiger partial charge < -0.3 is 5.11 Å². The zero-order chi connectivity index (χ0) is 15.2. The van der Waals surface area contributed by atoms with E-state index in [1.807, 2.05) is 54.6 Å². The number of aliphatic hydroxyl groups is 1. The van der Waals surface area contributed by atoms with Crippen molar-refractivity contribution in [1.29, 1.82) is 0 Å². The highest BCUT2D eigenvalue weighted by atomic mass is 32.1. The quantitative estimate of drug-likeness (QED) is 0.680. The molecule has 3 aromatic rings. The van der Waals surface area contributed by atoms with Crippen molar-refractivity contribution in [2.75, 3.05) is 0 Å². The molecule has 0 amide bonds.